The number of nitrogens with one attached hydrogen (secondary N) is 2. The van der Waals surface area contributed by atoms with Gasteiger partial charge in [-0.2, -0.15) is 4.98 Å². The first-order chi connectivity index (χ1) is 12.3. The summed E-state index contributed by atoms with van der Waals surface area (Å²) in [5.41, 5.74) is 0.0683. The van der Waals surface area contributed by atoms with Gasteiger partial charge in [-0.1, -0.05) is 5.16 Å². The molecule has 0 saturated heterocycles. The van der Waals surface area contributed by atoms with Crippen molar-refractivity contribution in [2.45, 2.75) is 31.7 Å². The molecule has 0 radical (unpaired) electrons. The molecule has 1 heterocycles. The predicted octanol–water partition coefficient (Wildman–Crippen LogP) is 2.53. The highest BCUT2D eigenvalue weighted by atomic mass is 32.2. The van der Waals surface area contributed by atoms with Gasteiger partial charge in [-0.3, -0.25) is 0 Å². The number of sulfonamides is 1. The smallest absolute Gasteiger partial charge is 0.322 e. The van der Waals surface area contributed by atoms with Crippen LogP contribution in [0, 0.1) is 17.6 Å². The molecule has 0 spiro atoms. The second-order valence-corrected chi connectivity index (χ2v) is 8.36. The highest BCUT2D eigenvalue weighted by Crippen LogP contribution is 2.27. The van der Waals surface area contributed by atoms with Gasteiger partial charge in [0.2, 0.25) is 15.8 Å². The average Bonchev–Trinajstić information content (AvgIpc) is 3.01. The largest absolute Gasteiger partial charge is 0.335 e. The molecule has 3 rings (SSSR count). The van der Waals surface area contributed by atoms with Crippen LogP contribution in [-0.4, -0.2) is 37.4 Å². The second-order valence-electron chi connectivity index (χ2n) is 6.53. The van der Waals surface area contributed by atoms with Crippen molar-refractivity contribution in [2.75, 3.05) is 18.1 Å². The minimum absolute atomic E-state index is 0.0519. The number of aromatic nitrogens is 2. The summed E-state index contributed by atoms with van der Waals surface area (Å²) >= 11 is 0. The highest BCUT2D eigenvalue weighted by Gasteiger charge is 2.23. The Morgan fingerprint density at radius 3 is 2.62 bits per heavy atom. The fourth-order valence-electron chi connectivity index (χ4n) is 3.02. The summed E-state index contributed by atoms with van der Waals surface area (Å²) in [5.74, 6) is -1.07. The van der Waals surface area contributed by atoms with E-state index >= 15 is 0 Å². The first-order valence-electron chi connectivity index (χ1n) is 8.30. The van der Waals surface area contributed by atoms with Crippen LogP contribution in [0.15, 0.2) is 22.7 Å². The third-order valence-corrected chi connectivity index (χ3v) is 5.10. The van der Waals surface area contributed by atoms with E-state index in [1.807, 2.05) is 0 Å². The zero-order chi connectivity index (χ0) is 18.7. The Morgan fingerprint density at radius 2 is 1.96 bits per heavy atom. The van der Waals surface area contributed by atoms with Crippen LogP contribution in [0.1, 0.15) is 25.7 Å². The molecule has 1 aromatic carbocycles. The van der Waals surface area contributed by atoms with E-state index in [0.29, 0.717) is 12.5 Å². The molecule has 0 unspecified atom stereocenters. The summed E-state index contributed by atoms with van der Waals surface area (Å²) < 4.78 is 56.7. The molecule has 2 aromatic rings. The van der Waals surface area contributed by atoms with Gasteiger partial charge < -0.3 is 9.84 Å². The molecule has 0 atom stereocenters. The van der Waals surface area contributed by atoms with Crippen LogP contribution in [0.25, 0.3) is 11.4 Å². The normalized spacial score (nSPS) is 20.9. The van der Waals surface area contributed by atoms with E-state index in [1.165, 1.54) is 6.07 Å². The molecule has 1 aromatic heterocycles. The van der Waals surface area contributed by atoms with Crippen molar-refractivity contribution >= 4 is 16.0 Å². The molecule has 1 aliphatic rings. The maximum absolute atomic E-state index is 13.8. The lowest BCUT2D eigenvalue weighted by atomic mass is 9.86. The van der Waals surface area contributed by atoms with Gasteiger partial charge in [0.15, 0.2) is 0 Å². The van der Waals surface area contributed by atoms with Crippen molar-refractivity contribution in [3.05, 3.63) is 29.8 Å². The fourth-order valence-corrected chi connectivity index (χ4v) is 3.56. The molecule has 0 amide bonds. The Balaban J connectivity index is 1.54. The second kappa shape index (κ2) is 7.67. The zero-order valence-corrected chi connectivity index (χ0v) is 15.0. The maximum atomic E-state index is 13.8. The minimum Gasteiger partial charge on any atom is -0.335 e. The van der Waals surface area contributed by atoms with Gasteiger partial charge >= 0.3 is 6.01 Å². The summed E-state index contributed by atoms with van der Waals surface area (Å²) in [7, 11) is -3.17. The monoisotopic (exact) mass is 386 g/mol. The quantitative estimate of drug-likeness (QED) is 0.792. The number of benzene rings is 1. The zero-order valence-electron chi connectivity index (χ0n) is 14.2. The van der Waals surface area contributed by atoms with E-state index in [-0.39, 0.29) is 23.4 Å². The third-order valence-electron chi connectivity index (χ3n) is 4.41. The van der Waals surface area contributed by atoms with E-state index in [0.717, 1.165) is 44.1 Å². The number of anilines is 1. The van der Waals surface area contributed by atoms with Crippen LogP contribution in [0.2, 0.25) is 0 Å². The highest BCUT2D eigenvalue weighted by molar-refractivity contribution is 7.88. The number of halogens is 2. The van der Waals surface area contributed by atoms with Gasteiger partial charge in [0.1, 0.15) is 11.6 Å². The Labute approximate surface area is 150 Å². The summed E-state index contributed by atoms with van der Waals surface area (Å²) in [6, 6.07) is 3.47. The van der Waals surface area contributed by atoms with Crippen molar-refractivity contribution in [3.63, 3.8) is 0 Å². The molecular formula is C16H20F2N4O3S. The van der Waals surface area contributed by atoms with E-state index in [1.54, 1.807) is 0 Å². The summed E-state index contributed by atoms with van der Waals surface area (Å²) in [6.45, 7) is 0.445. The van der Waals surface area contributed by atoms with Crippen molar-refractivity contribution in [1.82, 2.24) is 14.9 Å². The molecule has 2 N–H and O–H groups in total. The topological polar surface area (TPSA) is 97.1 Å². The van der Waals surface area contributed by atoms with Crippen LogP contribution in [0.5, 0.6) is 0 Å². The molecule has 1 fully saturated rings. The van der Waals surface area contributed by atoms with E-state index in [2.05, 4.69) is 20.2 Å². The van der Waals surface area contributed by atoms with Gasteiger partial charge in [-0.25, -0.2) is 21.9 Å². The van der Waals surface area contributed by atoms with Gasteiger partial charge in [0, 0.05) is 18.7 Å². The minimum atomic E-state index is -3.17. The van der Waals surface area contributed by atoms with Gasteiger partial charge in [0.05, 0.1) is 11.8 Å². The SMILES string of the molecule is CS(=O)(=O)NCC1CCC(Nc2nc(-c3ccc(F)cc3F)no2)CC1. The maximum Gasteiger partial charge on any atom is 0.322 e. The molecule has 0 aliphatic heterocycles. The van der Waals surface area contributed by atoms with Crippen LogP contribution in [0.3, 0.4) is 0 Å². The van der Waals surface area contributed by atoms with Crippen molar-refractivity contribution in [2.24, 2.45) is 5.92 Å². The lowest BCUT2D eigenvalue weighted by molar-refractivity contribution is 0.330. The molecule has 142 valence electrons. The molecular weight excluding hydrogens is 366 g/mol. The number of nitrogens with zero attached hydrogens (tertiary/aromatic N) is 2. The number of hydrogen-bond acceptors (Lipinski definition) is 6. The van der Waals surface area contributed by atoms with Gasteiger partial charge in [-0.05, 0) is 43.7 Å². The number of hydrogen-bond donors (Lipinski definition) is 2. The van der Waals surface area contributed by atoms with Crippen molar-refractivity contribution < 1.29 is 21.7 Å². The molecule has 1 saturated carbocycles. The van der Waals surface area contributed by atoms with Crippen LogP contribution in [-0.2, 0) is 10.0 Å². The Hall–Kier alpha value is -2.07. The first kappa shape index (κ1) is 18.7. The summed E-state index contributed by atoms with van der Waals surface area (Å²) in [5, 5.41) is 6.85. The van der Waals surface area contributed by atoms with Gasteiger partial charge in [0.25, 0.3) is 0 Å². The average molecular weight is 386 g/mol. The number of rotatable bonds is 6. The summed E-state index contributed by atoms with van der Waals surface area (Å²) in [4.78, 5) is 4.11. The van der Waals surface area contributed by atoms with Gasteiger partial charge in [-0.15, -0.1) is 0 Å². The van der Waals surface area contributed by atoms with Crippen LogP contribution >= 0.6 is 0 Å². The molecule has 1 aliphatic carbocycles. The third kappa shape index (κ3) is 4.98. The van der Waals surface area contributed by atoms with Crippen LogP contribution in [0.4, 0.5) is 14.8 Å². The standard InChI is InChI=1S/C16H20F2N4O3S/c1-26(23,24)19-9-10-2-5-12(6-3-10)20-16-21-15(22-25-16)13-7-4-11(17)8-14(13)18/h4,7-8,10,12,19H,2-3,5-6,9H2,1H3,(H,20,21,22). The lowest BCUT2D eigenvalue weighted by Gasteiger charge is -2.28. The van der Waals surface area contributed by atoms with Crippen molar-refractivity contribution in [1.29, 1.82) is 0 Å². The van der Waals surface area contributed by atoms with E-state index in [4.69, 9.17) is 4.52 Å². The summed E-state index contributed by atoms with van der Waals surface area (Å²) in [6.07, 6.45) is 4.55. The predicted molar refractivity (Wildman–Crippen MR) is 91.9 cm³/mol. The molecule has 0 bridgehead atoms. The van der Waals surface area contributed by atoms with Crippen molar-refractivity contribution in [3.8, 4) is 11.4 Å². The lowest BCUT2D eigenvalue weighted by Crippen LogP contribution is -2.33. The van der Waals surface area contributed by atoms with E-state index < -0.39 is 21.7 Å². The Kier molecular flexibility index (Phi) is 5.52. The fraction of sp³-hybridized carbons (Fsp3) is 0.500. The van der Waals surface area contributed by atoms with E-state index in [9.17, 15) is 17.2 Å². The molecule has 7 nitrogen and oxygen atoms in total. The van der Waals surface area contributed by atoms with Crippen LogP contribution < -0.4 is 10.0 Å². The first-order valence-corrected chi connectivity index (χ1v) is 10.2. The Morgan fingerprint density at radius 1 is 1.23 bits per heavy atom. The molecule has 26 heavy (non-hydrogen) atoms. The molecule has 10 heteroatoms. The Bertz CT molecular complexity index is 864.